The van der Waals surface area contributed by atoms with Crippen molar-refractivity contribution in [2.45, 2.75) is 6.92 Å². The Kier molecular flexibility index (Phi) is 0.718. The third-order valence-corrected chi connectivity index (χ3v) is 1.50. The molecule has 2 aromatic rings. The highest BCUT2D eigenvalue weighted by atomic mass is 14.0. The molecule has 2 rings (SSSR count). The molecule has 0 nitrogen and oxygen atoms in total. The lowest BCUT2D eigenvalue weighted by Crippen LogP contribution is -1.77. The van der Waals surface area contributed by atoms with E-state index in [0.29, 0.717) is 0 Å². The van der Waals surface area contributed by atoms with Gasteiger partial charge in [-0.2, -0.15) is 0 Å². The smallest absolute Gasteiger partial charge is 0.0622 e. The Balaban J connectivity index is 3.03. The Morgan fingerprint density at radius 3 is 2.31 bits per heavy atom. The third kappa shape index (κ3) is 1.78. The van der Waals surface area contributed by atoms with E-state index in [0.717, 1.165) is 0 Å². The monoisotopic (exact) mass is 177 g/mol. The molecule has 0 aliphatic heterocycles. The van der Waals surface area contributed by atoms with Crippen molar-refractivity contribution in [1.29, 1.82) is 0 Å². The van der Waals surface area contributed by atoms with Gasteiger partial charge in [0.2, 0.25) is 0 Å². The summed E-state index contributed by atoms with van der Waals surface area (Å²) in [6.07, 6.45) is 0. The predicted octanol–water partition coefficient (Wildman–Crippen LogP) is 3.66. The second-order valence-corrected chi connectivity index (χ2v) is 2.50. The molecule has 0 spiro atoms. The van der Waals surface area contributed by atoms with Crippen LogP contribution in [0.2, 0.25) is 0 Å². The first-order valence-corrected chi connectivity index (χ1v) is 3.75. The van der Waals surface area contributed by atoms with Crippen LogP contribution in [0.4, 0.5) is 0 Å². The minimum atomic E-state index is -0.561. The Labute approximate surface area is 91.5 Å². The van der Waals surface area contributed by atoms with Crippen LogP contribution < -0.4 is 0 Å². The fourth-order valence-corrected chi connectivity index (χ4v) is 0.938. The lowest BCUT2D eigenvalue weighted by atomic mass is 10.0. The van der Waals surface area contributed by atoms with Gasteiger partial charge in [-0.3, -0.25) is 0 Å². The summed E-state index contributed by atoms with van der Waals surface area (Å²) >= 11 is 0. The number of benzene rings is 2. The molecule has 64 valence electrons. The first kappa shape index (κ1) is 2.71. The van der Waals surface area contributed by atoms with Crippen molar-refractivity contribution in [2.24, 2.45) is 0 Å². The molecule has 0 unspecified atom stereocenters. The fraction of sp³-hybridized carbons (Fsp3) is 0.0769. The molecule has 0 saturated carbocycles. The lowest BCUT2D eigenvalue weighted by molar-refractivity contribution is 1.47. The Bertz CT molecular complexity index is 670. The average molecular weight is 177 g/mol. The normalized spacial score (nSPS) is 19.6. The van der Waals surface area contributed by atoms with Crippen LogP contribution in [0.15, 0.2) is 54.4 Å². The second-order valence-electron chi connectivity index (χ2n) is 2.50. The van der Waals surface area contributed by atoms with Crippen molar-refractivity contribution in [3.8, 4) is 11.1 Å². The zero-order chi connectivity index (χ0) is 16.9. The summed E-state index contributed by atoms with van der Waals surface area (Å²) in [6, 6.07) is -4.20. The first-order chi connectivity index (χ1) is 10.1. The molecule has 0 aliphatic rings. The van der Waals surface area contributed by atoms with Crippen molar-refractivity contribution >= 4 is 0 Å². The molecule has 0 aromatic heterocycles. The summed E-state index contributed by atoms with van der Waals surface area (Å²) in [4.78, 5) is 0. The molecule has 0 amide bonds. The summed E-state index contributed by atoms with van der Waals surface area (Å²) in [5.74, 6) is 0. The SMILES string of the molecule is [2H]c1c([2H])c([2H])c(-c2c([2H])c([2H])c([2H])c(C)c2[2H])c([2H])c1[2H]. The Morgan fingerprint density at radius 2 is 1.54 bits per heavy atom. The van der Waals surface area contributed by atoms with Crippen molar-refractivity contribution < 1.29 is 12.3 Å². The van der Waals surface area contributed by atoms with Crippen LogP contribution in [0.1, 0.15) is 17.9 Å². The van der Waals surface area contributed by atoms with Crippen molar-refractivity contribution in [2.75, 3.05) is 0 Å². The van der Waals surface area contributed by atoms with Crippen LogP contribution in [0, 0.1) is 6.92 Å². The van der Waals surface area contributed by atoms with E-state index in [1.165, 1.54) is 6.92 Å². The Hall–Kier alpha value is -1.56. The summed E-state index contributed by atoms with van der Waals surface area (Å²) in [6.45, 7) is 1.43. The number of hydrogen-bond donors (Lipinski definition) is 0. The maximum Gasteiger partial charge on any atom is 0.0632 e. The van der Waals surface area contributed by atoms with Crippen molar-refractivity contribution in [1.82, 2.24) is 0 Å². The van der Waals surface area contributed by atoms with Gasteiger partial charge in [-0.1, -0.05) is 59.9 Å². The number of hydrogen-bond acceptors (Lipinski definition) is 0. The Morgan fingerprint density at radius 1 is 0.846 bits per heavy atom. The van der Waals surface area contributed by atoms with Gasteiger partial charge in [0.15, 0.2) is 0 Å². The molecular formula is C13H12. The molecule has 0 aliphatic carbocycles. The molecule has 0 saturated heterocycles. The van der Waals surface area contributed by atoms with Crippen LogP contribution in [0.25, 0.3) is 11.1 Å². The maximum absolute atomic E-state index is 8.04. The van der Waals surface area contributed by atoms with E-state index in [9.17, 15) is 0 Å². The van der Waals surface area contributed by atoms with Crippen LogP contribution >= 0.6 is 0 Å². The highest BCUT2D eigenvalue weighted by Crippen LogP contribution is 2.19. The van der Waals surface area contributed by atoms with Crippen LogP contribution in [-0.2, 0) is 0 Å². The van der Waals surface area contributed by atoms with Crippen LogP contribution in [0.3, 0.4) is 0 Å². The largest absolute Gasteiger partial charge is 0.0632 e. The summed E-state index contributed by atoms with van der Waals surface area (Å²) < 4.78 is 70.1. The fourth-order valence-electron chi connectivity index (χ4n) is 0.938. The van der Waals surface area contributed by atoms with E-state index >= 15 is 0 Å². The summed E-state index contributed by atoms with van der Waals surface area (Å²) in [5.41, 5.74) is -0.365. The van der Waals surface area contributed by atoms with Gasteiger partial charge in [-0.05, 0) is 18.1 Å². The number of rotatable bonds is 1. The molecule has 0 fully saturated rings. The predicted molar refractivity (Wildman–Crippen MR) is 56.6 cm³/mol. The molecule has 2 aromatic carbocycles. The molecule has 0 N–H and O–H groups in total. The van der Waals surface area contributed by atoms with E-state index in [1.54, 1.807) is 0 Å². The van der Waals surface area contributed by atoms with E-state index in [4.69, 9.17) is 12.3 Å². The molecule has 0 heteroatoms. The van der Waals surface area contributed by atoms with E-state index in [2.05, 4.69) is 0 Å². The van der Waals surface area contributed by atoms with Gasteiger partial charge >= 0.3 is 0 Å². The van der Waals surface area contributed by atoms with Gasteiger partial charge in [0.25, 0.3) is 0 Å². The van der Waals surface area contributed by atoms with Gasteiger partial charge in [0, 0.05) is 0 Å². The minimum absolute atomic E-state index is 0.128. The highest BCUT2D eigenvalue weighted by molar-refractivity contribution is 5.63. The molecule has 13 heavy (non-hydrogen) atoms. The van der Waals surface area contributed by atoms with Crippen LogP contribution in [-0.4, -0.2) is 0 Å². The zero-order valence-corrected chi connectivity index (χ0v) is 7.00. The van der Waals surface area contributed by atoms with E-state index in [-0.39, 0.29) is 28.8 Å². The standard InChI is InChI=1S/C13H12/c1-11-6-5-9-13(10-11)12-7-3-2-4-8-12/h2-10H,1H3/i2D,3D,4D,5D,6D,7D,8D,9D,10D. The molecule has 0 heterocycles. The van der Waals surface area contributed by atoms with Gasteiger partial charge in [-0.15, -0.1) is 0 Å². The molecule has 0 atom stereocenters. The molecule has 0 bridgehead atoms. The van der Waals surface area contributed by atoms with Crippen LogP contribution in [0.5, 0.6) is 0 Å². The van der Waals surface area contributed by atoms with Gasteiger partial charge in [0.1, 0.15) is 0 Å². The molecule has 0 radical (unpaired) electrons. The molecular weight excluding hydrogens is 156 g/mol. The topological polar surface area (TPSA) is 0 Å². The zero-order valence-electron chi connectivity index (χ0n) is 16.0. The summed E-state index contributed by atoms with van der Waals surface area (Å²) in [7, 11) is 0. The minimum Gasteiger partial charge on any atom is -0.0622 e. The average Bonchev–Trinajstić information content (AvgIpc) is 2.50. The second kappa shape index (κ2) is 3.44. The van der Waals surface area contributed by atoms with Gasteiger partial charge in [-0.25, -0.2) is 0 Å². The van der Waals surface area contributed by atoms with Gasteiger partial charge < -0.3 is 0 Å². The lowest BCUT2D eigenvalue weighted by Gasteiger charge is -2.01. The van der Waals surface area contributed by atoms with Crippen molar-refractivity contribution in [3.63, 3.8) is 0 Å². The quantitative estimate of drug-likeness (QED) is 0.623. The third-order valence-electron chi connectivity index (χ3n) is 1.50. The van der Waals surface area contributed by atoms with E-state index in [1.807, 2.05) is 0 Å². The highest BCUT2D eigenvalue weighted by Gasteiger charge is 1.94. The maximum atomic E-state index is 8.04. The van der Waals surface area contributed by atoms with Crippen molar-refractivity contribution in [3.05, 3.63) is 59.9 Å². The summed E-state index contributed by atoms with van der Waals surface area (Å²) in [5, 5.41) is 0. The van der Waals surface area contributed by atoms with E-state index < -0.39 is 42.3 Å². The van der Waals surface area contributed by atoms with Gasteiger partial charge in [0.05, 0.1) is 12.3 Å². The first-order valence-electron chi connectivity index (χ1n) is 8.25.